The van der Waals surface area contributed by atoms with Crippen molar-refractivity contribution in [1.82, 2.24) is 20.2 Å². The van der Waals surface area contributed by atoms with E-state index in [9.17, 15) is 9.59 Å². The van der Waals surface area contributed by atoms with Gasteiger partial charge in [-0.1, -0.05) is 25.5 Å². The zero-order valence-electron chi connectivity index (χ0n) is 13.8. The van der Waals surface area contributed by atoms with Gasteiger partial charge >= 0.3 is 5.97 Å². The number of nitrogens with zero attached hydrogens (tertiary/aromatic N) is 4. The number of tetrazole rings is 1. The highest BCUT2D eigenvalue weighted by molar-refractivity contribution is 8.01. The van der Waals surface area contributed by atoms with Crippen LogP contribution in [0.1, 0.15) is 32.0 Å². The summed E-state index contributed by atoms with van der Waals surface area (Å²) in [6, 6.07) is 7.51. The Balaban J connectivity index is 1.53. The molecule has 0 spiro atoms. The minimum Gasteiger partial charge on any atom is -0.457 e. The number of carbonyl (C=O) groups excluding carboxylic acids is 2. The molecule has 1 aromatic heterocycles. The maximum atomic E-state index is 12.1. The third-order valence-electron chi connectivity index (χ3n) is 3.75. The van der Waals surface area contributed by atoms with Crippen LogP contribution >= 0.6 is 11.8 Å². The van der Waals surface area contributed by atoms with Gasteiger partial charge in [0.2, 0.25) is 5.91 Å². The van der Waals surface area contributed by atoms with Crippen molar-refractivity contribution in [2.75, 3.05) is 5.32 Å². The first-order valence-corrected chi connectivity index (χ1v) is 9.02. The Labute approximate surface area is 149 Å². The molecule has 1 atom stereocenters. The predicted molar refractivity (Wildman–Crippen MR) is 91.9 cm³/mol. The van der Waals surface area contributed by atoms with Crippen LogP contribution in [0.4, 0.5) is 5.69 Å². The van der Waals surface area contributed by atoms with E-state index < -0.39 is 11.2 Å². The molecule has 2 aromatic rings. The molecular formula is C16H19N5O3S. The molecule has 0 radical (unpaired) electrons. The molecule has 0 fully saturated rings. The number of ether oxygens (including phenoxy) is 1. The Kier molecular flexibility index (Phi) is 5.64. The van der Waals surface area contributed by atoms with E-state index in [0.717, 1.165) is 23.4 Å². The molecule has 132 valence electrons. The number of rotatable bonds is 7. The largest absolute Gasteiger partial charge is 0.457 e. The Bertz CT molecular complexity index is 764. The van der Waals surface area contributed by atoms with E-state index in [4.69, 9.17) is 4.74 Å². The van der Waals surface area contributed by atoms with Crippen molar-refractivity contribution in [3.63, 3.8) is 0 Å². The van der Waals surface area contributed by atoms with Crippen LogP contribution in [0.5, 0.6) is 0 Å². The number of fused-ring (bicyclic) bond motifs is 1. The Hall–Kier alpha value is -2.42. The van der Waals surface area contributed by atoms with E-state index >= 15 is 0 Å². The Morgan fingerprint density at radius 3 is 3.08 bits per heavy atom. The number of aryl methyl sites for hydroxylation is 1. The summed E-state index contributed by atoms with van der Waals surface area (Å²) in [6.45, 7) is 2.77. The molecule has 3 rings (SSSR count). The number of carbonyl (C=O) groups is 2. The van der Waals surface area contributed by atoms with Crippen molar-refractivity contribution in [1.29, 1.82) is 0 Å². The molecule has 1 amide bonds. The second-order valence-electron chi connectivity index (χ2n) is 5.63. The number of amides is 1. The Morgan fingerprint density at radius 2 is 2.24 bits per heavy atom. The van der Waals surface area contributed by atoms with Crippen molar-refractivity contribution >= 4 is 29.3 Å². The molecule has 0 bridgehead atoms. The summed E-state index contributed by atoms with van der Waals surface area (Å²) in [5, 5.41) is 13.7. The average molecular weight is 361 g/mol. The van der Waals surface area contributed by atoms with E-state index in [0.29, 0.717) is 12.4 Å². The number of para-hydroxylation sites is 1. The first-order chi connectivity index (χ1) is 12.2. The second-order valence-corrected chi connectivity index (χ2v) is 6.87. The van der Waals surface area contributed by atoms with E-state index in [2.05, 4.69) is 27.8 Å². The maximum Gasteiger partial charge on any atom is 0.307 e. The van der Waals surface area contributed by atoms with Crippen molar-refractivity contribution in [2.45, 2.75) is 49.5 Å². The molecule has 9 heteroatoms. The lowest BCUT2D eigenvalue weighted by molar-refractivity contribution is -0.146. The van der Waals surface area contributed by atoms with Crippen LogP contribution in [-0.4, -0.2) is 37.3 Å². The van der Waals surface area contributed by atoms with Crippen LogP contribution in [0, 0.1) is 0 Å². The van der Waals surface area contributed by atoms with Crippen molar-refractivity contribution in [2.24, 2.45) is 0 Å². The fourth-order valence-electron chi connectivity index (χ4n) is 2.39. The van der Waals surface area contributed by atoms with E-state index in [1.54, 1.807) is 4.68 Å². The molecule has 2 heterocycles. The van der Waals surface area contributed by atoms with E-state index in [1.165, 1.54) is 11.8 Å². The van der Waals surface area contributed by atoms with Crippen molar-refractivity contribution in [3.05, 3.63) is 30.1 Å². The van der Waals surface area contributed by atoms with Crippen LogP contribution in [0.25, 0.3) is 0 Å². The highest BCUT2D eigenvalue weighted by Crippen LogP contribution is 2.36. The number of hydrogen-bond donors (Lipinski definition) is 1. The molecule has 1 aliphatic heterocycles. The summed E-state index contributed by atoms with van der Waals surface area (Å²) in [5.74, 6) is -0.126. The monoisotopic (exact) mass is 361 g/mol. The second kappa shape index (κ2) is 8.11. The maximum absolute atomic E-state index is 12.1. The zero-order valence-corrected chi connectivity index (χ0v) is 14.7. The van der Waals surface area contributed by atoms with Crippen LogP contribution in [0.15, 0.2) is 29.2 Å². The predicted octanol–water partition coefficient (Wildman–Crippen LogP) is 2.02. The number of aromatic nitrogens is 4. The highest BCUT2D eigenvalue weighted by atomic mass is 32.2. The first kappa shape index (κ1) is 17.4. The number of esters is 1. The normalized spacial score (nSPS) is 16.2. The number of hydrogen-bond acceptors (Lipinski definition) is 7. The molecule has 0 saturated heterocycles. The minimum atomic E-state index is -0.501. The summed E-state index contributed by atoms with van der Waals surface area (Å²) in [7, 11) is 0. The van der Waals surface area contributed by atoms with Gasteiger partial charge in [0, 0.05) is 11.4 Å². The fourth-order valence-corrected chi connectivity index (χ4v) is 3.49. The van der Waals surface area contributed by atoms with Crippen molar-refractivity contribution in [3.8, 4) is 0 Å². The smallest absolute Gasteiger partial charge is 0.307 e. The number of nitrogens with one attached hydrogen (secondary N) is 1. The van der Waals surface area contributed by atoms with Gasteiger partial charge in [-0.05, 0) is 29.0 Å². The molecule has 0 aliphatic carbocycles. The Morgan fingerprint density at radius 1 is 1.40 bits per heavy atom. The average Bonchev–Trinajstić information content (AvgIpc) is 3.06. The number of anilines is 1. The van der Waals surface area contributed by atoms with Gasteiger partial charge < -0.3 is 10.1 Å². The lowest BCUT2D eigenvalue weighted by atomic mass is 10.2. The molecule has 1 N–H and O–H groups in total. The molecule has 0 saturated carbocycles. The molecule has 1 aliphatic rings. The van der Waals surface area contributed by atoms with Gasteiger partial charge in [0.05, 0.1) is 17.4 Å². The van der Waals surface area contributed by atoms with Gasteiger partial charge in [-0.3, -0.25) is 9.59 Å². The number of unbranched alkanes of at least 4 members (excludes halogenated alkanes) is 1. The molecule has 25 heavy (non-hydrogen) atoms. The third-order valence-corrected chi connectivity index (χ3v) is 5.03. The lowest BCUT2D eigenvalue weighted by Gasteiger charge is -2.23. The summed E-state index contributed by atoms with van der Waals surface area (Å²) in [5.41, 5.74) is 0.775. The van der Waals surface area contributed by atoms with Gasteiger partial charge in [-0.15, -0.1) is 16.9 Å². The van der Waals surface area contributed by atoms with Crippen LogP contribution in [0.3, 0.4) is 0 Å². The zero-order chi connectivity index (χ0) is 17.6. The van der Waals surface area contributed by atoms with Crippen LogP contribution in [-0.2, 0) is 27.5 Å². The molecular weight excluding hydrogens is 342 g/mol. The summed E-state index contributed by atoms with van der Waals surface area (Å²) < 4.78 is 6.88. The summed E-state index contributed by atoms with van der Waals surface area (Å²) in [4.78, 5) is 25.2. The highest BCUT2D eigenvalue weighted by Gasteiger charge is 2.29. The van der Waals surface area contributed by atoms with E-state index in [-0.39, 0.29) is 18.9 Å². The topological polar surface area (TPSA) is 99.0 Å². The summed E-state index contributed by atoms with van der Waals surface area (Å²) in [6.07, 6.45) is 1.97. The number of thioether (sulfide) groups is 1. The molecule has 0 unspecified atom stereocenters. The van der Waals surface area contributed by atoms with Gasteiger partial charge in [0.1, 0.15) is 0 Å². The molecule has 1 aromatic carbocycles. The standard InChI is InChI=1S/C16H19N5O3S/c1-2-3-8-21-14(18-19-20-21)10-24-15(22)9-13-16(23)17-11-6-4-5-7-12(11)25-13/h4-7,13H,2-3,8-10H2,1H3,(H,17,23)/t13-/m0/s1. The SMILES string of the molecule is CCCCn1nnnc1COC(=O)C[C@@H]1Sc2ccccc2NC1=O. The minimum absolute atomic E-state index is 0.00135. The van der Waals surface area contributed by atoms with Gasteiger partial charge in [0.15, 0.2) is 12.4 Å². The first-order valence-electron chi connectivity index (χ1n) is 8.14. The van der Waals surface area contributed by atoms with Crippen LogP contribution in [0.2, 0.25) is 0 Å². The van der Waals surface area contributed by atoms with Crippen LogP contribution < -0.4 is 5.32 Å². The van der Waals surface area contributed by atoms with E-state index in [1.807, 2.05) is 24.3 Å². The van der Waals surface area contributed by atoms with Gasteiger partial charge in [0.25, 0.3) is 0 Å². The van der Waals surface area contributed by atoms with Gasteiger partial charge in [-0.25, -0.2) is 4.68 Å². The number of benzene rings is 1. The quantitative estimate of drug-likeness (QED) is 0.753. The third kappa shape index (κ3) is 4.36. The fraction of sp³-hybridized carbons (Fsp3) is 0.438. The molecule has 8 nitrogen and oxygen atoms in total. The van der Waals surface area contributed by atoms with Crippen molar-refractivity contribution < 1.29 is 14.3 Å². The lowest BCUT2D eigenvalue weighted by Crippen LogP contribution is -2.31. The summed E-state index contributed by atoms with van der Waals surface area (Å²) >= 11 is 1.37. The van der Waals surface area contributed by atoms with Gasteiger partial charge in [-0.2, -0.15) is 0 Å².